The van der Waals surface area contributed by atoms with E-state index >= 15 is 0 Å². The molecular formula is C20H20N4O2. The van der Waals surface area contributed by atoms with Crippen LogP contribution in [0.2, 0.25) is 0 Å². The highest BCUT2D eigenvalue weighted by Crippen LogP contribution is 2.24. The third-order valence-electron chi connectivity index (χ3n) is 3.84. The van der Waals surface area contributed by atoms with Gasteiger partial charge in [0.2, 0.25) is 0 Å². The van der Waals surface area contributed by atoms with Crippen LogP contribution in [-0.2, 0) is 6.54 Å². The molecule has 0 unspecified atom stereocenters. The normalized spacial score (nSPS) is 10.2. The molecule has 132 valence electrons. The van der Waals surface area contributed by atoms with Crippen LogP contribution in [0.5, 0.6) is 5.75 Å². The van der Waals surface area contributed by atoms with Crippen molar-refractivity contribution in [3.63, 3.8) is 0 Å². The summed E-state index contributed by atoms with van der Waals surface area (Å²) in [6, 6.07) is 19.2. The average molecular weight is 348 g/mol. The lowest BCUT2D eigenvalue weighted by Gasteiger charge is -2.13. The molecule has 0 aliphatic heterocycles. The molecule has 1 aromatic heterocycles. The number of hydrogen-bond acceptors (Lipinski definition) is 5. The molecule has 2 aromatic carbocycles. The van der Waals surface area contributed by atoms with Crippen molar-refractivity contribution in [1.82, 2.24) is 4.98 Å². The van der Waals surface area contributed by atoms with Gasteiger partial charge < -0.3 is 21.1 Å². The highest BCUT2D eigenvalue weighted by atomic mass is 16.5. The fraction of sp³-hybridized carbons (Fsp3) is 0.100. The number of carbonyl (C=O) groups excluding carboxylic acids is 1. The molecule has 0 spiro atoms. The molecule has 0 aliphatic carbocycles. The van der Waals surface area contributed by atoms with Crippen molar-refractivity contribution < 1.29 is 9.53 Å². The monoisotopic (exact) mass is 348 g/mol. The summed E-state index contributed by atoms with van der Waals surface area (Å²) in [6.45, 7) is 0.573. The maximum Gasteiger partial charge on any atom is 0.252 e. The number of ether oxygens (including phenoxy) is 1. The minimum Gasteiger partial charge on any atom is -0.497 e. The summed E-state index contributed by atoms with van der Waals surface area (Å²) in [5, 5.41) is 6.45. The van der Waals surface area contributed by atoms with E-state index in [0.29, 0.717) is 23.6 Å². The van der Waals surface area contributed by atoms with E-state index < -0.39 is 5.91 Å². The van der Waals surface area contributed by atoms with E-state index in [-0.39, 0.29) is 0 Å². The molecule has 1 amide bonds. The van der Waals surface area contributed by atoms with E-state index in [4.69, 9.17) is 10.5 Å². The number of nitrogens with zero attached hydrogens (tertiary/aromatic N) is 1. The Labute approximate surface area is 152 Å². The van der Waals surface area contributed by atoms with Crippen LogP contribution in [0.15, 0.2) is 66.9 Å². The van der Waals surface area contributed by atoms with Crippen LogP contribution in [-0.4, -0.2) is 18.0 Å². The molecule has 6 nitrogen and oxygen atoms in total. The summed E-state index contributed by atoms with van der Waals surface area (Å²) < 4.78 is 5.22. The summed E-state index contributed by atoms with van der Waals surface area (Å²) in [5.41, 5.74) is 8.37. The van der Waals surface area contributed by atoms with E-state index in [0.717, 1.165) is 17.0 Å². The average Bonchev–Trinajstić information content (AvgIpc) is 2.67. The summed E-state index contributed by atoms with van der Waals surface area (Å²) in [7, 11) is 1.62. The van der Waals surface area contributed by atoms with Gasteiger partial charge in [0, 0.05) is 30.6 Å². The molecule has 0 radical (unpaired) electrons. The Morgan fingerprint density at radius 3 is 2.65 bits per heavy atom. The summed E-state index contributed by atoms with van der Waals surface area (Å²) >= 11 is 0. The lowest BCUT2D eigenvalue weighted by Crippen LogP contribution is -2.15. The Hall–Kier alpha value is -3.54. The predicted molar refractivity (Wildman–Crippen MR) is 103 cm³/mol. The molecule has 1 heterocycles. The number of nitrogens with two attached hydrogens (primary N) is 1. The molecule has 6 heteroatoms. The van der Waals surface area contributed by atoms with E-state index in [1.807, 2.05) is 54.6 Å². The minimum atomic E-state index is -0.527. The van der Waals surface area contributed by atoms with Crippen LogP contribution >= 0.6 is 0 Å². The van der Waals surface area contributed by atoms with Crippen molar-refractivity contribution in [2.75, 3.05) is 17.7 Å². The minimum absolute atomic E-state index is 0.345. The Morgan fingerprint density at radius 2 is 1.92 bits per heavy atom. The summed E-state index contributed by atoms with van der Waals surface area (Å²) in [5.74, 6) is 0.811. The predicted octanol–water partition coefficient (Wildman–Crippen LogP) is 3.54. The molecule has 4 N–H and O–H groups in total. The topological polar surface area (TPSA) is 89.3 Å². The SMILES string of the molecule is COc1cccc(Nc2cc(NCc3ccccc3)c(C(N)=O)cn2)c1. The number of hydrogen-bond donors (Lipinski definition) is 3. The zero-order valence-electron chi connectivity index (χ0n) is 14.4. The molecular weight excluding hydrogens is 328 g/mol. The van der Waals surface area contributed by atoms with Crippen molar-refractivity contribution in [3.05, 3.63) is 78.0 Å². The Kier molecular flexibility index (Phi) is 5.34. The van der Waals surface area contributed by atoms with Gasteiger partial charge in [-0.15, -0.1) is 0 Å². The Balaban J connectivity index is 1.82. The van der Waals surface area contributed by atoms with E-state index in [1.165, 1.54) is 6.20 Å². The number of benzene rings is 2. The first-order valence-electron chi connectivity index (χ1n) is 8.14. The molecule has 26 heavy (non-hydrogen) atoms. The number of rotatable bonds is 7. The lowest BCUT2D eigenvalue weighted by molar-refractivity contribution is 0.100. The van der Waals surface area contributed by atoms with Gasteiger partial charge in [-0.3, -0.25) is 4.79 Å². The molecule has 3 aromatic rings. The number of primary amides is 1. The zero-order valence-corrected chi connectivity index (χ0v) is 14.4. The fourth-order valence-corrected chi connectivity index (χ4v) is 2.51. The number of aromatic nitrogens is 1. The Bertz CT molecular complexity index is 897. The van der Waals surface area contributed by atoms with Gasteiger partial charge in [0.25, 0.3) is 5.91 Å². The van der Waals surface area contributed by atoms with Crippen LogP contribution in [0.1, 0.15) is 15.9 Å². The van der Waals surface area contributed by atoms with Crippen molar-refractivity contribution in [2.45, 2.75) is 6.54 Å². The van der Waals surface area contributed by atoms with Crippen molar-refractivity contribution >= 4 is 23.1 Å². The number of methoxy groups -OCH3 is 1. The maximum atomic E-state index is 11.7. The van der Waals surface area contributed by atoms with Gasteiger partial charge in [0.15, 0.2) is 0 Å². The number of nitrogens with one attached hydrogen (secondary N) is 2. The lowest BCUT2D eigenvalue weighted by atomic mass is 10.2. The molecule has 0 atom stereocenters. The number of carbonyl (C=O) groups is 1. The van der Waals surface area contributed by atoms with Crippen LogP contribution in [0.25, 0.3) is 0 Å². The quantitative estimate of drug-likeness (QED) is 0.608. The summed E-state index contributed by atoms with van der Waals surface area (Å²) in [6.07, 6.45) is 1.47. The highest BCUT2D eigenvalue weighted by Gasteiger charge is 2.10. The first-order valence-corrected chi connectivity index (χ1v) is 8.14. The van der Waals surface area contributed by atoms with Gasteiger partial charge in [-0.05, 0) is 17.7 Å². The Morgan fingerprint density at radius 1 is 1.12 bits per heavy atom. The molecule has 0 bridgehead atoms. The summed E-state index contributed by atoms with van der Waals surface area (Å²) in [4.78, 5) is 16.0. The molecule has 0 saturated carbocycles. The number of anilines is 3. The van der Waals surface area contributed by atoms with Crippen molar-refractivity contribution in [2.24, 2.45) is 5.73 Å². The van der Waals surface area contributed by atoms with Gasteiger partial charge in [-0.2, -0.15) is 0 Å². The smallest absolute Gasteiger partial charge is 0.252 e. The fourth-order valence-electron chi connectivity index (χ4n) is 2.51. The van der Waals surface area contributed by atoms with E-state index in [1.54, 1.807) is 13.2 Å². The largest absolute Gasteiger partial charge is 0.497 e. The second kappa shape index (κ2) is 8.02. The van der Waals surface area contributed by atoms with Gasteiger partial charge in [0.1, 0.15) is 11.6 Å². The second-order valence-electron chi connectivity index (χ2n) is 5.68. The molecule has 0 fully saturated rings. The second-order valence-corrected chi connectivity index (χ2v) is 5.68. The highest BCUT2D eigenvalue weighted by molar-refractivity contribution is 5.98. The van der Waals surface area contributed by atoms with Gasteiger partial charge in [-0.25, -0.2) is 4.98 Å². The van der Waals surface area contributed by atoms with Gasteiger partial charge >= 0.3 is 0 Å². The zero-order chi connectivity index (χ0) is 18.4. The molecule has 0 saturated heterocycles. The number of pyridine rings is 1. The first kappa shape index (κ1) is 17.3. The van der Waals surface area contributed by atoms with Crippen LogP contribution in [0, 0.1) is 0 Å². The van der Waals surface area contributed by atoms with Crippen molar-refractivity contribution in [3.8, 4) is 5.75 Å². The van der Waals surface area contributed by atoms with Gasteiger partial charge in [-0.1, -0.05) is 36.4 Å². The first-order chi connectivity index (χ1) is 12.7. The van der Waals surface area contributed by atoms with E-state index in [9.17, 15) is 4.79 Å². The van der Waals surface area contributed by atoms with Crippen molar-refractivity contribution in [1.29, 1.82) is 0 Å². The molecule has 3 rings (SSSR count). The van der Waals surface area contributed by atoms with Crippen LogP contribution < -0.4 is 21.1 Å². The third-order valence-corrected chi connectivity index (χ3v) is 3.84. The molecule has 0 aliphatic rings. The standard InChI is InChI=1S/C20H20N4O2/c1-26-16-9-5-8-15(10-16)24-19-11-18(17(13-23-19)20(21)25)22-12-14-6-3-2-4-7-14/h2-11,13H,12H2,1H3,(H2,21,25)(H2,22,23,24). The maximum absolute atomic E-state index is 11.7. The van der Waals surface area contributed by atoms with Crippen LogP contribution in [0.3, 0.4) is 0 Å². The third kappa shape index (κ3) is 4.30. The van der Waals surface area contributed by atoms with E-state index in [2.05, 4.69) is 15.6 Å². The van der Waals surface area contributed by atoms with Crippen LogP contribution in [0.4, 0.5) is 17.2 Å². The number of amides is 1. The van der Waals surface area contributed by atoms with Gasteiger partial charge in [0.05, 0.1) is 18.4 Å².